The van der Waals surface area contributed by atoms with Crippen LogP contribution in [-0.2, 0) is 20.6 Å². The van der Waals surface area contributed by atoms with Gasteiger partial charge >= 0.3 is 11.0 Å². The lowest BCUT2D eigenvalue weighted by molar-refractivity contribution is -0.384. The van der Waals surface area contributed by atoms with Gasteiger partial charge in [-0.1, -0.05) is 23.5 Å². The maximum absolute atomic E-state index is 14.1. The second kappa shape index (κ2) is 13.1. The smallest absolute Gasteiger partial charge is 0.416 e. The van der Waals surface area contributed by atoms with Gasteiger partial charge in [-0.3, -0.25) is 34.2 Å². The zero-order valence-corrected chi connectivity index (χ0v) is 29.3. The molecule has 4 aromatic rings. The van der Waals surface area contributed by atoms with Crippen LogP contribution in [0.5, 0.6) is 11.5 Å². The lowest BCUT2D eigenvalue weighted by Crippen LogP contribution is -2.42. The van der Waals surface area contributed by atoms with E-state index in [4.69, 9.17) is 9.47 Å². The molecule has 2 saturated carbocycles. The number of thiazole rings is 1. The molecule has 2 N–H and O–H groups in total. The average molecular weight is 767 g/mol. The van der Waals surface area contributed by atoms with Gasteiger partial charge in [-0.05, 0) is 79.1 Å². The largest absolute Gasteiger partial charge is 0.490 e. The number of halogens is 3. The Labute approximate surface area is 306 Å². The van der Waals surface area contributed by atoms with Crippen LogP contribution in [0.25, 0.3) is 0 Å². The fourth-order valence-corrected chi connectivity index (χ4v) is 11.5. The molecule has 0 radical (unpaired) electrons. The molecule has 53 heavy (non-hydrogen) atoms. The number of hydrogen-bond acceptors (Lipinski definition) is 10. The first-order valence-corrected chi connectivity index (χ1v) is 18.4. The Morgan fingerprint density at radius 2 is 1.74 bits per heavy atom. The van der Waals surface area contributed by atoms with Crippen molar-refractivity contribution in [3.8, 4) is 11.5 Å². The van der Waals surface area contributed by atoms with Gasteiger partial charge in [0.2, 0.25) is 11.8 Å². The molecule has 4 aliphatic rings. The number of nitro benzene ring substituents is 1. The van der Waals surface area contributed by atoms with Gasteiger partial charge in [0.05, 0.1) is 39.6 Å². The number of aromatic nitrogens is 1. The molecule has 2 aliphatic carbocycles. The molecular weight excluding hydrogens is 738 g/mol. The van der Waals surface area contributed by atoms with Gasteiger partial charge < -0.3 is 19.8 Å². The number of ether oxygens (including phenoxy) is 2. The van der Waals surface area contributed by atoms with Crippen LogP contribution in [0.4, 0.5) is 30.2 Å². The van der Waals surface area contributed by atoms with E-state index in [1.165, 1.54) is 48.2 Å². The molecule has 0 unspecified atom stereocenters. The number of benzene rings is 3. The number of hydrogen-bond donors (Lipinski definition) is 2. The number of carbonyl (C=O) groups is 3. The van der Waals surface area contributed by atoms with Gasteiger partial charge in [-0.2, -0.15) is 13.2 Å². The van der Waals surface area contributed by atoms with Crippen LogP contribution in [0.15, 0.2) is 76.6 Å². The van der Waals surface area contributed by atoms with Gasteiger partial charge in [-0.25, -0.2) is 0 Å². The van der Waals surface area contributed by atoms with E-state index >= 15 is 0 Å². The van der Waals surface area contributed by atoms with Crippen molar-refractivity contribution in [2.75, 3.05) is 23.4 Å². The lowest BCUT2D eigenvalue weighted by Gasteiger charge is -2.43. The number of nitrogens with zero attached hydrogens (tertiary/aromatic N) is 2. The number of non-ortho nitro benzene ring substituents is 1. The van der Waals surface area contributed by atoms with Crippen LogP contribution in [0.1, 0.15) is 35.3 Å². The minimum atomic E-state index is -4.57. The van der Waals surface area contributed by atoms with E-state index in [2.05, 4.69) is 10.3 Å². The number of fused-ring (bicyclic) bond motifs is 9. The molecule has 8 rings (SSSR count). The van der Waals surface area contributed by atoms with Crippen molar-refractivity contribution < 1.29 is 42.0 Å². The number of nitro groups is 1. The summed E-state index contributed by atoms with van der Waals surface area (Å²) in [4.78, 5) is 68.7. The molecule has 274 valence electrons. The van der Waals surface area contributed by atoms with Crippen LogP contribution in [0.3, 0.4) is 0 Å². The molecule has 0 spiro atoms. The zero-order chi connectivity index (χ0) is 37.3. The Kier molecular flexibility index (Phi) is 8.59. The number of anilines is 2. The number of carbonyl (C=O) groups excluding carboxylic acids is 3. The average Bonchev–Trinajstić information content (AvgIpc) is 3.86. The second-order valence-electron chi connectivity index (χ2n) is 13.3. The minimum absolute atomic E-state index is 0.0359. The highest BCUT2D eigenvalue weighted by Gasteiger charge is 2.69. The van der Waals surface area contributed by atoms with E-state index < -0.39 is 41.0 Å². The van der Waals surface area contributed by atoms with Crippen molar-refractivity contribution in [3.63, 3.8) is 0 Å². The van der Waals surface area contributed by atoms with Gasteiger partial charge in [0.1, 0.15) is 0 Å². The molecule has 3 aromatic carbocycles. The maximum Gasteiger partial charge on any atom is 0.416 e. The normalized spacial score (nSPS) is 25.5. The predicted octanol–water partition coefficient (Wildman–Crippen LogP) is 6.46. The minimum Gasteiger partial charge on any atom is -0.490 e. The summed E-state index contributed by atoms with van der Waals surface area (Å²) in [6, 6.07) is 14.9. The third kappa shape index (κ3) is 5.95. The molecule has 3 heterocycles. The molecule has 17 heteroatoms. The highest BCUT2D eigenvalue weighted by molar-refractivity contribution is 8.00. The van der Waals surface area contributed by atoms with E-state index in [1.807, 2.05) is 6.07 Å². The molecule has 3 amide bonds. The Hall–Kier alpha value is -5.16. The summed E-state index contributed by atoms with van der Waals surface area (Å²) in [5, 5.41) is 14.2. The molecule has 1 saturated heterocycles. The highest BCUT2D eigenvalue weighted by atomic mass is 32.2. The number of nitrogens with one attached hydrogen (secondary N) is 2. The molecule has 12 nitrogen and oxygen atoms in total. The Bertz CT molecular complexity index is 2220. The SMILES string of the molecule is CCOc1cc([C@@H]2c3sc(=O)[nH]c3S[C@@H]3[C@@H]4C[C@@H]([C@@H]5C(=O)N(c6ccc([N+](=O)[O-])cc6)C(=O)[C@@H]45)[C@H]23)ccc1OCC(=O)Nc1cccc(C(F)(F)F)c1. The van der Waals surface area contributed by atoms with Crippen LogP contribution >= 0.6 is 23.1 Å². The number of aromatic amines is 1. The van der Waals surface area contributed by atoms with E-state index in [1.54, 1.807) is 19.1 Å². The van der Waals surface area contributed by atoms with Gasteiger partial charge in [0.25, 0.3) is 11.6 Å². The summed E-state index contributed by atoms with van der Waals surface area (Å²) in [6.07, 6.45) is -3.92. The van der Waals surface area contributed by atoms with Crippen molar-refractivity contribution in [3.05, 3.63) is 103 Å². The predicted molar refractivity (Wildman–Crippen MR) is 187 cm³/mol. The van der Waals surface area contributed by atoms with Crippen LogP contribution in [-0.4, -0.2) is 46.1 Å². The molecule has 3 fully saturated rings. The van der Waals surface area contributed by atoms with Crippen molar-refractivity contribution >= 4 is 57.9 Å². The van der Waals surface area contributed by atoms with Gasteiger partial charge in [0.15, 0.2) is 18.1 Å². The summed E-state index contributed by atoms with van der Waals surface area (Å²) in [5.74, 6) is -2.75. The second-order valence-corrected chi connectivity index (χ2v) is 15.5. The van der Waals surface area contributed by atoms with Gasteiger partial charge in [0, 0.05) is 33.9 Å². The molecule has 2 aliphatic heterocycles. The Balaban J connectivity index is 1.07. The summed E-state index contributed by atoms with van der Waals surface area (Å²) in [5.41, 5.74) is -0.0170. The molecule has 1 aromatic heterocycles. The van der Waals surface area contributed by atoms with E-state index in [-0.39, 0.29) is 75.0 Å². The Morgan fingerprint density at radius 1 is 1.00 bits per heavy atom. The van der Waals surface area contributed by atoms with Crippen molar-refractivity contribution in [1.82, 2.24) is 4.98 Å². The summed E-state index contributed by atoms with van der Waals surface area (Å²) in [6.45, 7) is 1.50. The summed E-state index contributed by atoms with van der Waals surface area (Å²) >= 11 is 2.62. The molecular formula is C36H29F3N4O8S2. The first kappa shape index (κ1) is 34.9. The first-order chi connectivity index (χ1) is 25.3. The standard InChI is InChI=1S/C36H29F3N4O8S2/c1-2-50-24-12-16(6-11-23(24)51-15-25(44)40-18-5-3-4-17(13-18)36(37,38)39)26-27-21-14-22(30(27)52-32-31(26)53-35(47)41-32)29-28(21)33(45)42(34(29)46)19-7-9-20(10-8-19)43(48)49/h3-13,21-22,26-30H,2,14-15H2,1H3,(H,40,44)(H,41,47)/t21-,22-,26+,27-,28+,29+,30-/m1/s1. The fourth-order valence-electron chi connectivity index (χ4n) is 8.59. The number of rotatable bonds is 9. The number of H-pyrrole nitrogens is 1. The number of thioether (sulfide) groups is 1. The van der Waals surface area contributed by atoms with Crippen LogP contribution in [0.2, 0.25) is 0 Å². The summed E-state index contributed by atoms with van der Waals surface area (Å²) in [7, 11) is 0. The van der Waals surface area contributed by atoms with Crippen molar-refractivity contribution in [1.29, 1.82) is 0 Å². The Morgan fingerprint density at radius 3 is 2.43 bits per heavy atom. The lowest BCUT2D eigenvalue weighted by atomic mass is 9.68. The monoisotopic (exact) mass is 766 g/mol. The number of alkyl halides is 3. The van der Waals surface area contributed by atoms with Crippen LogP contribution < -0.4 is 24.6 Å². The van der Waals surface area contributed by atoms with Crippen molar-refractivity contribution in [2.24, 2.45) is 29.6 Å². The highest BCUT2D eigenvalue weighted by Crippen LogP contribution is 2.69. The van der Waals surface area contributed by atoms with Crippen molar-refractivity contribution in [2.45, 2.75) is 35.7 Å². The third-order valence-corrected chi connectivity index (χ3v) is 13.1. The summed E-state index contributed by atoms with van der Waals surface area (Å²) < 4.78 is 51.1. The number of amides is 3. The molecule has 7 atom stereocenters. The maximum atomic E-state index is 14.1. The van der Waals surface area contributed by atoms with E-state index in [9.17, 15) is 42.5 Å². The van der Waals surface area contributed by atoms with E-state index in [0.717, 1.165) is 38.8 Å². The fraction of sp³-hybridized carbons (Fsp3) is 0.333. The third-order valence-electron chi connectivity index (χ3n) is 10.5. The van der Waals surface area contributed by atoms with Crippen LogP contribution in [0, 0.1) is 39.7 Å². The zero-order valence-electron chi connectivity index (χ0n) is 27.6. The van der Waals surface area contributed by atoms with E-state index in [0.29, 0.717) is 17.2 Å². The topological polar surface area (TPSA) is 161 Å². The van der Waals surface area contributed by atoms with Gasteiger partial charge in [-0.15, -0.1) is 11.8 Å². The number of imide groups is 1. The molecule has 2 bridgehead atoms. The first-order valence-electron chi connectivity index (χ1n) is 16.7. The quantitative estimate of drug-likeness (QED) is 0.111.